The van der Waals surface area contributed by atoms with Crippen molar-refractivity contribution in [2.75, 3.05) is 13.3 Å². The van der Waals surface area contributed by atoms with Gasteiger partial charge in [-0.25, -0.2) is 9.18 Å². The van der Waals surface area contributed by atoms with Crippen molar-refractivity contribution in [3.63, 3.8) is 0 Å². The van der Waals surface area contributed by atoms with Crippen LogP contribution in [0.2, 0.25) is 0 Å². The monoisotopic (exact) mass is 410 g/mol. The number of ether oxygens (including phenoxy) is 1. The molecule has 0 radical (unpaired) electrons. The zero-order valence-electron chi connectivity index (χ0n) is 18.3. The third-order valence-corrected chi connectivity index (χ3v) is 6.10. The van der Waals surface area contributed by atoms with Crippen LogP contribution in [-0.4, -0.2) is 41.1 Å². The van der Waals surface area contributed by atoms with Crippen LogP contribution in [0.1, 0.15) is 51.2 Å². The number of para-hydroxylation sites is 1. The Morgan fingerprint density at radius 3 is 2.53 bits per heavy atom. The minimum absolute atomic E-state index is 0.108. The van der Waals surface area contributed by atoms with Crippen LogP contribution in [0.3, 0.4) is 0 Å². The lowest BCUT2D eigenvalue weighted by Gasteiger charge is -2.45. The van der Waals surface area contributed by atoms with E-state index in [9.17, 15) is 9.18 Å². The third kappa shape index (κ3) is 4.92. The number of halogens is 1. The van der Waals surface area contributed by atoms with Gasteiger partial charge in [0.2, 0.25) is 0 Å². The largest absolute Gasteiger partial charge is 0.478 e. The van der Waals surface area contributed by atoms with Gasteiger partial charge in [-0.15, -0.1) is 0 Å². The molecule has 2 aromatic carbocycles. The quantitative estimate of drug-likeness (QED) is 0.603. The molecule has 0 aliphatic carbocycles. The molecular weight excluding hydrogens is 379 g/mol. The Hall–Kier alpha value is -2.62. The molecule has 1 unspecified atom stereocenters. The molecule has 30 heavy (non-hydrogen) atoms. The summed E-state index contributed by atoms with van der Waals surface area (Å²) in [5, 5.41) is 0. The minimum Gasteiger partial charge on any atom is -0.478 e. The van der Waals surface area contributed by atoms with Gasteiger partial charge in [0.25, 0.3) is 0 Å². The fourth-order valence-corrected chi connectivity index (χ4v) is 3.97. The van der Waals surface area contributed by atoms with Gasteiger partial charge in [0.05, 0.1) is 6.04 Å². The number of carbonyl (C=O) groups excluding carboxylic acids is 1. The zero-order valence-corrected chi connectivity index (χ0v) is 18.3. The number of rotatable bonds is 7. The average molecular weight is 411 g/mol. The lowest BCUT2D eigenvalue weighted by molar-refractivity contribution is 0.0281. The molecule has 1 saturated heterocycles. The summed E-state index contributed by atoms with van der Waals surface area (Å²) < 4.78 is 19.4. The molecule has 0 bridgehead atoms. The van der Waals surface area contributed by atoms with E-state index in [1.165, 1.54) is 17.7 Å². The Morgan fingerprint density at radius 1 is 1.17 bits per heavy atom. The second-order valence-electron chi connectivity index (χ2n) is 8.16. The van der Waals surface area contributed by atoms with Crippen molar-refractivity contribution < 1.29 is 13.9 Å². The van der Waals surface area contributed by atoms with Crippen LogP contribution in [0, 0.1) is 5.82 Å². The van der Waals surface area contributed by atoms with Crippen molar-refractivity contribution >= 4 is 5.94 Å². The number of benzene rings is 2. The summed E-state index contributed by atoms with van der Waals surface area (Å²) in [4.78, 5) is 16.1. The maximum absolute atomic E-state index is 13.2. The topological polar surface area (TPSA) is 32.8 Å². The van der Waals surface area contributed by atoms with Gasteiger partial charge < -0.3 is 9.64 Å². The maximum atomic E-state index is 13.2. The summed E-state index contributed by atoms with van der Waals surface area (Å²) in [5.41, 5.74) is 2.79. The van der Waals surface area contributed by atoms with Crippen molar-refractivity contribution in [2.45, 2.75) is 58.7 Å². The molecule has 3 rings (SSSR count). The van der Waals surface area contributed by atoms with Crippen LogP contribution in [0.15, 0.2) is 54.2 Å². The van der Waals surface area contributed by atoms with Crippen LogP contribution in [-0.2, 0) is 11.3 Å². The standard InChI is InChI=1S/C25H31FN2O2/c1-5-18(2)23-8-6-7-9-25(23)30-17-27-14-19(3)28(24(16-29)20(27)4)15-21-10-12-22(26)13-11-21/h6-13,18-20H,5,14-15,17H2,1-4H3/t18?,19-,20+/m0/s1. The highest BCUT2D eigenvalue weighted by molar-refractivity contribution is 5.54. The number of hydrogen-bond acceptors (Lipinski definition) is 4. The van der Waals surface area contributed by atoms with E-state index >= 15 is 0 Å². The van der Waals surface area contributed by atoms with Gasteiger partial charge in [-0.2, -0.15) is 0 Å². The van der Waals surface area contributed by atoms with Gasteiger partial charge in [-0.3, -0.25) is 4.90 Å². The molecule has 4 nitrogen and oxygen atoms in total. The Bertz CT molecular complexity index is 892. The number of hydrogen-bond donors (Lipinski definition) is 0. The number of piperazine rings is 1. The van der Waals surface area contributed by atoms with Crippen LogP contribution >= 0.6 is 0 Å². The fourth-order valence-electron chi connectivity index (χ4n) is 3.97. The van der Waals surface area contributed by atoms with E-state index < -0.39 is 0 Å². The van der Waals surface area contributed by atoms with E-state index in [0.717, 1.165) is 24.3 Å². The molecule has 0 amide bonds. The highest BCUT2D eigenvalue weighted by Crippen LogP contribution is 2.30. The second kappa shape index (κ2) is 9.92. The van der Waals surface area contributed by atoms with Gasteiger partial charge in [0.1, 0.15) is 29.9 Å². The molecule has 0 spiro atoms. The Morgan fingerprint density at radius 2 is 1.87 bits per heavy atom. The lowest BCUT2D eigenvalue weighted by atomic mass is 9.98. The van der Waals surface area contributed by atoms with Crippen LogP contribution in [0.4, 0.5) is 4.39 Å². The first-order chi connectivity index (χ1) is 14.4. The Kier molecular flexibility index (Phi) is 7.30. The molecular formula is C25H31FN2O2. The van der Waals surface area contributed by atoms with E-state index in [1.807, 2.05) is 25.1 Å². The lowest BCUT2D eigenvalue weighted by Crippen LogP contribution is -2.55. The highest BCUT2D eigenvalue weighted by atomic mass is 19.1. The summed E-state index contributed by atoms with van der Waals surface area (Å²) >= 11 is 0. The van der Waals surface area contributed by atoms with Gasteiger partial charge >= 0.3 is 0 Å². The summed E-state index contributed by atoms with van der Waals surface area (Å²) in [6.07, 6.45) is 1.05. The van der Waals surface area contributed by atoms with E-state index in [4.69, 9.17) is 4.74 Å². The summed E-state index contributed by atoms with van der Waals surface area (Å²) in [7, 11) is 0. The molecule has 1 fully saturated rings. The highest BCUT2D eigenvalue weighted by Gasteiger charge is 2.34. The molecule has 0 saturated carbocycles. The molecule has 3 atom stereocenters. The summed E-state index contributed by atoms with van der Waals surface area (Å²) in [6.45, 7) is 10.2. The molecule has 0 aromatic heterocycles. The third-order valence-electron chi connectivity index (χ3n) is 6.10. The van der Waals surface area contributed by atoms with Crippen molar-refractivity contribution in [1.29, 1.82) is 0 Å². The fraction of sp³-hybridized carbons (Fsp3) is 0.440. The first-order valence-electron chi connectivity index (χ1n) is 10.7. The van der Waals surface area contributed by atoms with E-state index in [2.05, 4.69) is 42.6 Å². The second-order valence-corrected chi connectivity index (χ2v) is 8.16. The summed E-state index contributed by atoms with van der Waals surface area (Å²) in [5.74, 6) is 3.22. The predicted octanol–water partition coefficient (Wildman–Crippen LogP) is 4.99. The van der Waals surface area contributed by atoms with Crippen LogP contribution in [0.5, 0.6) is 5.75 Å². The number of nitrogens with zero attached hydrogens (tertiary/aromatic N) is 2. The zero-order chi connectivity index (χ0) is 21.7. The Balaban J connectivity index is 1.71. The molecule has 1 aliphatic rings. The summed E-state index contributed by atoms with van der Waals surface area (Å²) in [6, 6.07) is 14.6. The predicted molar refractivity (Wildman–Crippen MR) is 117 cm³/mol. The molecule has 2 aromatic rings. The molecule has 0 N–H and O–H groups in total. The van der Waals surface area contributed by atoms with E-state index in [1.54, 1.807) is 12.1 Å². The average Bonchev–Trinajstić information content (AvgIpc) is 2.76. The first-order valence-corrected chi connectivity index (χ1v) is 10.7. The van der Waals surface area contributed by atoms with Gasteiger partial charge in [0, 0.05) is 19.1 Å². The minimum atomic E-state index is -0.258. The van der Waals surface area contributed by atoms with Crippen molar-refractivity contribution in [1.82, 2.24) is 9.80 Å². The van der Waals surface area contributed by atoms with Crippen molar-refractivity contribution in [2.24, 2.45) is 0 Å². The van der Waals surface area contributed by atoms with E-state index in [0.29, 0.717) is 24.9 Å². The SMILES string of the molecule is CCC(C)c1ccccc1OCN1C[C@H](C)N(Cc2ccc(F)cc2)C(=C=O)[C@H]1C. The normalized spacial score (nSPS) is 20.7. The molecule has 1 heterocycles. The van der Waals surface area contributed by atoms with Crippen molar-refractivity contribution in [3.05, 3.63) is 71.2 Å². The van der Waals surface area contributed by atoms with Gasteiger partial charge in [-0.1, -0.05) is 44.2 Å². The molecule has 160 valence electrons. The smallest absolute Gasteiger partial charge is 0.147 e. The molecule has 1 aliphatic heterocycles. The first kappa shape index (κ1) is 22.1. The van der Waals surface area contributed by atoms with Crippen LogP contribution < -0.4 is 4.74 Å². The van der Waals surface area contributed by atoms with Crippen molar-refractivity contribution in [3.8, 4) is 5.75 Å². The maximum Gasteiger partial charge on any atom is 0.147 e. The van der Waals surface area contributed by atoms with E-state index in [-0.39, 0.29) is 17.9 Å². The van der Waals surface area contributed by atoms with Gasteiger partial charge in [-0.05, 0) is 55.5 Å². The van der Waals surface area contributed by atoms with Gasteiger partial charge in [0.15, 0.2) is 0 Å². The Labute approximate surface area is 178 Å². The molecule has 5 heteroatoms. The van der Waals surface area contributed by atoms with Crippen LogP contribution in [0.25, 0.3) is 0 Å².